The summed E-state index contributed by atoms with van der Waals surface area (Å²) >= 11 is 0. The zero-order valence-corrected chi connectivity index (χ0v) is 14.3. The number of nitrogens with one attached hydrogen (secondary N) is 1. The highest BCUT2D eigenvalue weighted by atomic mass is 19.1. The van der Waals surface area contributed by atoms with Gasteiger partial charge in [-0.2, -0.15) is 5.10 Å². The molecule has 0 spiro atoms. The number of halogens is 1. The first-order valence-electron chi connectivity index (χ1n) is 8.37. The molecule has 0 unspecified atom stereocenters. The maximum Gasteiger partial charge on any atom is 0.248 e. The van der Waals surface area contributed by atoms with Crippen LogP contribution in [-0.4, -0.2) is 28.9 Å². The first-order valence-corrected chi connectivity index (χ1v) is 8.37. The van der Waals surface area contributed by atoms with E-state index in [1.54, 1.807) is 48.8 Å². The highest BCUT2D eigenvalue weighted by Crippen LogP contribution is 2.31. The van der Waals surface area contributed by atoms with Gasteiger partial charge in [-0.05, 0) is 48.0 Å². The number of anilines is 1. The molecule has 1 amide bonds. The smallest absolute Gasteiger partial charge is 0.248 e. The summed E-state index contributed by atoms with van der Waals surface area (Å²) in [6.45, 7) is 1.03. The zero-order valence-electron chi connectivity index (χ0n) is 14.3. The van der Waals surface area contributed by atoms with E-state index in [-0.39, 0.29) is 5.91 Å². The SMILES string of the molecule is O=C(C=Cc1ccc2c(c1)OCCO2)Nc1ccc(-n2cccn2)c(F)c1. The van der Waals surface area contributed by atoms with Crippen LogP contribution < -0.4 is 14.8 Å². The Balaban J connectivity index is 1.43. The van der Waals surface area contributed by atoms with Gasteiger partial charge in [0.2, 0.25) is 5.91 Å². The topological polar surface area (TPSA) is 65.4 Å². The molecule has 0 saturated carbocycles. The van der Waals surface area contributed by atoms with Gasteiger partial charge in [-0.1, -0.05) is 6.07 Å². The normalized spacial score (nSPS) is 12.9. The lowest BCUT2D eigenvalue weighted by Gasteiger charge is -2.18. The summed E-state index contributed by atoms with van der Waals surface area (Å²) in [4.78, 5) is 12.1. The number of fused-ring (bicyclic) bond motifs is 1. The molecule has 1 aromatic heterocycles. The second-order valence-corrected chi connectivity index (χ2v) is 5.84. The number of nitrogens with zero attached hydrogens (tertiary/aromatic N) is 2. The molecule has 6 nitrogen and oxygen atoms in total. The fourth-order valence-electron chi connectivity index (χ4n) is 2.70. The Kier molecular flexibility index (Phi) is 4.57. The number of aromatic nitrogens is 2. The lowest BCUT2D eigenvalue weighted by Crippen LogP contribution is -2.15. The molecule has 1 N–H and O–H groups in total. The third kappa shape index (κ3) is 3.82. The summed E-state index contributed by atoms with van der Waals surface area (Å²) in [6, 6.07) is 11.6. The van der Waals surface area contributed by atoms with Crippen LogP contribution in [0.3, 0.4) is 0 Å². The number of amides is 1. The minimum Gasteiger partial charge on any atom is -0.486 e. The lowest BCUT2D eigenvalue weighted by molar-refractivity contribution is -0.111. The maximum absolute atomic E-state index is 14.2. The van der Waals surface area contributed by atoms with Crippen molar-refractivity contribution in [2.45, 2.75) is 0 Å². The molecule has 2 heterocycles. The van der Waals surface area contributed by atoms with Crippen molar-refractivity contribution >= 4 is 17.7 Å². The molecule has 7 heteroatoms. The third-order valence-electron chi connectivity index (χ3n) is 3.96. The van der Waals surface area contributed by atoms with Crippen LogP contribution in [0.2, 0.25) is 0 Å². The van der Waals surface area contributed by atoms with E-state index in [9.17, 15) is 9.18 Å². The molecule has 0 saturated heterocycles. The van der Waals surface area contributed by atoms with Crippen LogP contribution in [0.4, 0.5) is 10.1 Å². The summed E-state index contributed by atoms with van der Waals surface area (Å²) in [5, 5.41) is 6.63. The van der Waals surface area contributed by atoms with Gasteiger partial charge >= 0.3 is 0 Å². The average molecular weight is 365 g/mol. The molecule has 27 heavy (non-hydrogen) atoms. The molecule has 136 valence electrons. The molecular formula is C20H16FN3O3. The second-order valence-electron chi connectivity index (χ2n) is 5.84. The predicted octanol–water partition coefficient (Wildman–Crippen LogP) is 3.43. The van der Waals surface area contributed by atoms with E-state index in [4.69, 9.17) is 9.47 Å². The quantitative estimate of drug-likeness (QED) is 0.720. The van der Waals surface area contributed by atoms with Gasteiger partial charge < -0.3 is 14.8 Å². The molecule has 1 aliphatic heterocycles. The fourth-order valence-corrected chi connectivity index (χ4v) is 2.70. The Morgan fingerprint density at radius 2 is 2.00 bits per heavy atom. The predicted molar refractivity (Wildman–Crippen MR) is 98.6 cm³/mol. The molecule has 3 aromatic rings. The van der Waals surface area contributed by atoms with Crippen molar-refractivity contribution in [1.82, 2.24) is 9.78 Å². The van der Waals surface area contributed by atoms with Crippen molar-refractivity contribution < 1.29 is 18.7 Å². The van der Waals surface area contributed by atoms with Gasteiger partial charge in [0.25, 0.3) is 0 Å². The van der Waals surface area contributed by atoms with Gasteiger partial charge in [0.1, 0.15) is 18.9 Å². The highest BCUT2D eigenvalue weighted by Gasteiger charge is 2.11. The number of carbonyl (C=O) groups excluding carboxylic acids is 1. The minimum absolute atomic E-state index is 0.310. The molecule has 0 atom stereocenters. The number of benzene rings is 2. The second kappa shape index (κ2) is 7.33. The van der Waals surface area contributed by atoms with Crippen LogP contribution in [0.5, 0.6) is 11.5 Å². The van der Waals surface area contributed by atoms with E-state index in [0.29, 0.717) is 36.1 Å². The molecule has 1 aliphatic rings. The van der Waals surface area contributed by atoms with Crippen molar-refractivity contribution in [2.24, 2.45) is 0 Å². The van der Waals surface area contributed by atoms with Crippen LogP contribution in [-0.2, 0) is 4.79 Å². The molecule has 2 aromatic carbocycles. The van der Waals surface area contributed by atoms with Gasteiger partial charge in [-0.15, -0.1) is 0 Å². The van der Waals surface area contributed by atoms with E-state index >= 15 is 0 Å². The number of hydrogen-bond acceptors (Lipinski definition) is 4. The van der Waals surface area contributed by atoms with Crippen LogP contribution >= 0.6 is 0 Å². The van der Waals surface area contributed by atoms with E-state index in [0.717, 1.165) is 5.56 Å². The van der Waals surface area contributed by atoms with Gasteiger partial charge in [0.05, 0.1) is 0 Å². The fraction of sp³-hybridized carbons (Fsp3) is 0.100. The third-order valence-corrected chi connectivity index (χ3v) is 3.96. The Bertz CT molecular complexity index is 1000. The largest absolute Gasteiger partial charge is 0.486 e. The van der Waals surface area contributed by atoms with Gasteiger partial charge in [0.15, 0.2) is 17.3 Å². The molecule has 0 aliphatic carbocycles. The standard InChI is InChI=1S/C20H16FN3O3/c21-16-13-15(4-5-17(16)24-9-1-8-22-24)23-20(25)7-3-14-2-6-18-19(12-14)27-11-10-26-18/h1-9,12-13H,10-11H2,(H,23,25). The lowest BCUT2D eigenvalue weighted by atomic mass is 10.2. The molecule has 4 rings (SSSR count). The van der Waals surface area contributed by atoms with Crippen LogP contribution in [0.25, 0.3) is 11.8 Å². The zero-order chi connectivity index (χ0) is 18.6. The Morgan fingerprint density at radius 1 is 1.15 bits per heavy atom. The van der Waals surface area contributed by atoms with Gasteiger partial charge in [-0.3, -0.25) is 4.79 Å². The monoisotopic (exact) mass is 365 g/mol. The van der Waals surface area contributed by atoms with Gasteiger partial charge in [0, 0.05) is 24.2 Å². The van der Waals surface area contributed by atoms with Crippen molar-refractivity contribution in [2.75, 3.05) is 18.5 Å². The van der Waals surface area contributed by atoms with Crippen LogP contribution in [0, 0.1) is 5.82 Å². The number of rotatable bonds is 4. The van der Waals surface area contributed by atoms with E-state index in [1.165, 1.54) is 16.8 Å². The van der Waals surface area contributed by atoms with E-state index < -0.39 is 5.82 Å². The first-order chi connectivity index (χ1) is 13.2. The minimum atomic E-state index is -0.479. The molecule has 0 bridgehead atoms. The van der Waals surface area contributed by atoms with Crippen LogP contribution in [0.1, 0.15) is 5.56 Å². The van der Waals surface area contributed by atoms with Crippen molar-refractivity contribution in [1.29, 1.82) is 0 Å². The molecule has 0 fully saturated rings. The van der Waals surface area contributed by atoms with Crippen molar-refractivity contribution in [3.63, 3.8) is 0 Å². The maximum atomic E-state index is 14.2. The summed E-state index contributed by atoms with van der Waals surface area (Å²) in [5.41, 5.74) is 1.47. The summed E-state index contributed by atoms with van der Waals surface area (Å²) in [7, 11) is 0. The first kappa shape index (κ1) is 16.8. The molecule has 0 radical (unpaired) electrons. The highest BCUT2D eigenvalue weighted by molar-refractivity contribution is 6.02. The van der Waals surface area contributed by atoms with Crippen molar-refractivity contribution in [3.8, 4) is 17.2 Å². The Labute approximate surface area is 154 Å². The molecular weight excluding hydrogens is 349 g/mol. The summed E-state index contributed by atoms with van der Waals surface area (Å²) in [5.74, 6) is 0.499. The van der Waals surface area contributed by atoms with Crippen molar-refractivity contribution in [3.05, 3.63) is 72.3 Å². The Morgan fingerprint density at radius 3 is 2.78 bits per heavy atom. The number of hydrogen-bond donors (Lipinski definition) is 1. The van der Waals surface area contributed by atoms with E-state index in [1.807, 2.05) is 6.07 Å². The number of carbonyl (C=O) groups is 1. The Hall–Kier alpha value is -3.61. The van der Waals surface area contributed by atoms with Gasteiger partial charge in [-0.25, -0.2) is 9.07 Å². The summed E-state index contributed by atoms with van der Waals surface area (Å²) < 4.78 is 26.6. The number of ether oxygens (including phenoxy) is 2. The van der Waals surface area contributed by atoms with Crippen LogP contribution in [0.15, 0.2) is 60.9 Å². The van der Waals surface area contributed by atoms with E-state index in [2.05, 4.69) is 10.4 Å². The summed E-state index contributed by atoms with van der Waals surface area (Å²) in [6.07, 6.45) is 6.25. The average Bonchev–Trinajstić information content (AvgIpc) is 3.21.